The molecular weight excluding hydrogens is 340 g/mol. The van der Waals surface area contributed by atoms with Crippen LogP contribution in [0, 0.1) is 0 Å². The van der Waals surface area contributed by atoms with Gasteiger partial charge in [-0.25, -0.2) is 4.79 Å². The maximum Gasteiger partial charge on any atom is 0.326 e. The van der Waals surface area contributed by atoms with E-state index in [2.05, 4.69) is 10.3 Å². The van der Waals surface area contributed by atoms with Crippen molar-refractivity contribution in [3.05, 3.63) is 40.0 Å². The Morgan fingerprint density at radius 3 is 2.88 bits per heavy atom. The summed E-state index contributed by atoms with van der Waals surface area (Å²) in [6.07, 6.45) is 4.61. The lowest BCUT2D eigenvalue weighted by Crippen LogP contribution is -2.41. The molecule has 0 spiro atoms. The van der Waals surface area contributed by atoms with Gasteiger partial charge in [-0.15, -0.1) is 0 Å². The van der Waals surface area contributed by atoms with Gasteiger partial charge in [0.15, 0.2) is 0 Å². The van der Waals surface area contributed by atoms with Gasteiger partial charge in [0.1, 0.15) is 6.04 Å². The number of pyridine rings is 1. The highest BCUT2D eigenvalue weighted by molar-refractivity contribution is 6.31. The number of carbonyl (C=O) groups excluding carboxylic acids is 1. The minimum Gasteiger partial charge on any atom is -0.480 e. The average molecular weight is 361 g/mol. The summed E-state index contributed by atoms with van der Waals surface area (Å²) in [6, 6.07) is 4.41. The normalized spacial score (nSPS) is 14.3. The number of nitrogens with zero attached hydrogens (tertiary/aromatic N) is 1. The molecule has 6 heteroatoms. The van der Waals surface area contributed by atoms with E-state index in [1.807, 2.05) is 6.92 Å². The Morgan fingerprint density at radius 1 is 1.36 bits per heavy atom. The number of benzene rings is 1. The first-order chi connectivity index (χ1) is 12.0. The third-order valence-corrected chi connectivity index (χ3v) is 4.89. The monoisotopic (exact) mass is 360 g/mol. The van der Waals surface area contributed by atoms with Crippen molar-refractivity contribution in [3.8, 4) is 0 Å². The van der Waals surface area contributed by atoms with Crippen LogP contribution in [0.4, 0.5) is 0 Å². The van der Waals surface area contributed by atoms with Gasteiger partial charge in [-0.3, -0.25) is 9.78 Å². The van der Waals surface area contributed by atoms with Gasteiger partial charge >= 0.3 is 5.97 Å². The van der Waals surface area contributed by atoms with Crippen molar-refractivity contribution >= 4 is 34.4 Å². The van der Waals surface area contributed by atoms with Gasteiger partial charge in [0, 0.05) is 16.1 Å². The number of halogens is 1. The lowest BCUT2D eigenvalue weighted by atomic mass is 9.99. The summed E-state index contributed by atoms with van der Waals surface area (Å²) < 4.78 is 0. The first-order valence-corrected chi connectivity index (χ1v) is 9.03. The van der Waals surface area contributed by atoms with E-state index in [9.17, 15) is 14.7 Å². The Labute approximate surface area is 151 Å². The molecule has 25 heavy (non-hydrogen) atoms. The summed E-state index contributed by atoms with van der Waals surface area (Å²) >= 11 is 6.12. The van der Waals surface area contributed by atoms with Gasteiger partial charge in [0.2, 0.25) is 0 Å². The number of aromatic nitrogens is 1. The summed E-state index contributed by atoms with van der Waals surface area (Å²) in [4.78, 5) is 29.1. The summed E-state index contributed by atoms with van der Waals surface area (Å²) in [5.41, 5.74) is 3.10. The number of aryl methyl sites for hydroxylation is 1. The highest BCUT2D eigenvalue weighted by Crippen LogP contribution is 2.31. The van der Waals surface area contributed by atoms with Crippen LogP contribution in [0.5, 0.6) is 0 Å². The molecule has 1 heterocycles. The third kappa shape index (κ3) is 3.61. The van der Waals surface area contributed by atoms with Gasteiger partial charge in [-0.2, -0.15) is 0 Å². The van der Waals surface area contributed by atoms with Crippen LogP contribution in [0.1, 0.15) is 54.2 Å². The Balaban J connectivity index is 2.03. The van der Waals surface area contributed by atoms with E-state index < -0.39 is 12.0 Å². The maximum absolute atomic E-state index is 13.0. The van der Waals surface area contributed by atoms with Crippen molar-refractivity contribution in [2.45, 2.75) is 51.5 Å². The summed E-state index contributed by atoms with van der Waals surface area (Å²) in [7, 11) is 0. The van der Waals surface area contributed by atoms with Crippen molar-refractivity contribution in [2.75, 3.05) is 0 Å². The number of aliphatic carboxylic acids is 1. The molecule has 1 aliphatic rings. The molecule has 0 fully saturated rings. The number of carboxylic acids is 1. The van der Waals surface area contributed by atoms with E-state index in [4.69, 9.17) is 11.6 Å². The Bertz CT molecular complexity index is 835. The molecule has 3 rings (SSSR count). The number of hydrogen-bond acceptors (Lipinski definition) is 3. The third-order valence-electron chi connectivity index (χ3n) is 4.65. The van der Waals surface area contributed by atoms with E-state index in [1.165, 1.54) is 0 Å². The van der Waals surface area contributed by atoms with Gasteiger partial charge in [0.05, 0.1) is 11.1 Å². The molecule has 0 saturated heterocycles. The van der Waals surface area contributed by atoms with E-state index in [-0.39, 0.29) is 5.91 Å². The fourth-order valence-electron chi connectivity index (χ4n) is 3.39. The predicted molar refractivity (Wildman–Crippen MR) is 97.2 cm³/mol. The highest BCUT2D eigenvalue weighted by Gasteiger charge is 2.27. The second-order valence-corrected chi connectivity index (χ2v) is 6.87. The summed E-state index contributed by atoms with van der Waals surface area (Å²) in [5, 5.41) is 13.3. The van der Waals surface area contributed by atoms with Crippen molar-refractivity contribution in [1.82, 2.24) is 10.3 Å². The Morgan fingerprint density at radius 2 is 2.16 bits per heavy atom. The zero-order valence-electron chi connectivity index (χ0n) is 14.1. The quantitative estimate of drug-likeness (QED) is 0.822. The van der Waals surface area contributed by atoms with Gasteiger partial charge in [-0.1, -0.05) is 31.4 Å². The van der Waals surface area contributed by atoms with Gasteiger partial charge in [0.25, 0.3) is 5.91 Å². The second-order valence-electron chi connectivity index (χ2n) is 6.43. The minimum absolute atomic E-state index is 0.351. The van der Waals surface area contributed by atoms with Crippen LogP contribution < -0.4 is 5.32 Å². The van der Waals surface area contributed by atoms with E-state index in [0.29, 0.717) is 22.4 Å². The molecule has 0 bridgehead atoms. The zero-order valence-corrected chi connectivity index (χ0v) is 14.9. The average Bonchev–Trinajstić information content (AvgIpc) is 3.03. The highest BCUT2D eigenvalue weighted by atomic mass is 35.5. The smallest absolute Gasteiger partial charge is 0.326 e. The molecule has 0 aliphatic heterocycles. The second kappa shape index (κ2) is 7.40. The molecule has 0 radical (unpaired) electrons. The number of nitrogens with one attached hydrogen (secondary N) is 1. The van der Waals surface area contributed by atoms with Crippen molar-refractivity contribution < 1.29 is 14.7 Å². The molecule has 5 nitrogen and oxygen atoms in total. The number of amides is 1. The Hall–Kier alpha value is -2.14. The van der Waals surface area contributed by atoms with Crippen molar-refractivity contribution in [2.24, 2.45) is 0 Å². The fourth-order valence-corrected chi connectivity index (χ4v) is 3.56. The van der Waals surface area contributed by atoms with Crippen LogP contribution in [0.2, 0.25) is 5.02 Å². The lowest BCUT2D eigenvalue weighted by molar-refractivity contribution is -0.139. The zero-order chi connectivity index (χ0) is 18.0. The molecule has 2 aromatic rings. The number of carboxylic acid groups (broad SMARTS) is 1. The summed E-state index contributed by atoms with van der Waals surface area (Å²) in [5.74, 6) is -1.36. The topological polar surface area (TPSA) is 79.3 Å². The maximum atomic E-state index is 13.0. The van der Waals surface area contributed by atoms with Crippen molar-refractivity contribution in [1.29, 1.82) is 0 Å². The fraction of sp³-hybridized carbons (Fsp3) is 0.421. The largest absolute Gasteiger partial charge is 0.480 e. The van der Waals surface area contributed by atoms with Crippen LogP contribution >= 0.6 is 11.6 Å². The number of hydrogen-bond donors (Lipinski definition) is 2. The molecular formula is C19H21ClN2O3. The van der Waals surface area contributed by atoms with Crippen LogP contribution in [-0.4, -0.2) is 28.0 Å². The predicted octanol–water partition coefficient (Wildman–Crippen LogP) is 3.75. The SMILES string of the molecule is CCCCC(NC(=O)c1c2c(nc3ccc(Cl)cc13)CCC2)C(=O)O. The Kier molecular flexibility index (Phi) is 5.23. The standard InChI is InChI=1S/C19H21ClN2O3/c1-2-3-6-16(19(24)25)22-18(23)17-12-5-4-7-14(12)21-15-9-8-11(20)10-13(15)17/h8-10,16H,2-7H2,1H3,(H,22,23)(H,24,25). The van der Waals surface area contributed by atoms with Crippen LogP contribution in [0.15, 0.2) is 18.2 Å². The molecule has 2 N–H and O–H groups in total. The number of fused-ring (bicyclic) bond motifs is 2. The first-order valence-electron chi connectivity index (χ1n) is 8.66. The van der Waals surface area contributed by atoms with Gasteiger partial charge < -0.3 is 10.4 Å². The van der Waals surface area contributed by atoms with Crippen LogP contribution in [0.3, 0.4) is 0 Å². The van der Waals surface area contributed by atoms with E-state index >= 15 is 0 Å². The molecule has 1 aliphatic carbocycles. The van der Waals surface area contributed by atoms with Gasteiger partial charge in [-0.05, 0) is 49.4 Å². The summed E-state index contributed by atoms with van der Waals surface area (Å²) in [6.45, 7) is 1.99. The van der Waals surface area contributed by atoms with Crippen LogP contribution in [0.25, 0.3) is 10.9 Å². The number of rotatable bonds is 6. The molecule has 1 atom stereocenters. The molecule has 1 aromatic carbocycles. The van der Waals surface area contributed by atoms with E-state index in [0.717, 1.165) is 48.9 Å². The van der Waals surface area contributed by atoms with Crippen molar-refractivity contribution in [3.63, 3.8) is 0 Å². The molecule has 1 aromatic heterocycles. The lowest BCUT2D eigenvalue weighted by Gasteiger charge is -2.17. The number of unbranched alkanes of at least 4 members (excludes halogenated alkanes) is 1. The molecule has 132 valence electrons. The molecule has 0 saturated carbocycles. The first kappa shape index (κ1) is 17.7. The molecule has 1 amide bonds. The molecule has 1 unspecified atom stereocenters. The number of carbonyl (C=O) groups is 2. The van der Waals surface area contributed by atoms with Crippen LogP contribution in [-0.2, 0) is 17.6 Å². The minimum atomic E-state index is -1.00. The van der Waals surface area contributed by atoms with E-state index in [1.54, 1.807) is 18.2 Å².